The first-order chi connectivity index (χ1) is 7.99. The molecular formula is C11H9F3N2O. The molecule has 0 radical (unpaired) electrons. The van der Waals surface area contributed by atoms with E-state index in [2.05, 4.69) is 5.10 Å². The van der Waals surface area contributed by atoms with Crippen LogP contribution in [0.3, 0.4) is 0 Å². The standard InChI is InChI=1S/C11H9F3N2O/c1-16-3-2-9(15-16)11(17)6-4-7(12)10(14)8(13)5-6/h2-5,11,17H,1H3. The van der Waals surface area contributed by atoms with E-state index in [1.165, 1.54) is 10.7 Å². The number of benzene rings is 1. The Hall–Kier alpha value is -1.82. The fourth-order valence-electron chi connectivity index (χ4n) is 1.48. The highest BCUT2D eigenvalue weighted by Crippen LogP contribution is 2.23. The SMILES string of the molecule is Cn1ccc(C(O)c2cc(F)c(F)c(F)c2)n1. The number of aliphatic hydroxyl groups is 1. The summed E-state index contributed by atoms with van der Waals surface area (Å²) in [6.07, 6.45) is 0.287. The molecule has 90 valence electrons. The Bertz CT molecular complexity index is 530. The van der Waals surface area contributed by atoms with E-state index in [4.69, 9.17) is 0 Å². The van der Waals surface area contributed by atoms with Gasteiger partial charge >= 0.3 is 0 Å². The van der Waals surface area contributed by atoms with Crippen molar-refractivity contribution < 1.29 is 18.3 Å². The lowest BCUT2D eigenvalue weighted by Gasteiger charge is -2.09. The molecule has 0 saturated carbocycles. The molecule has 3 nitrogen and oxygen atoms in total. The quantitative estimate of drug-likeness (QED) is 0.817. The molecule has 1 aromatic carbocycles. The van der Waals surface area contributed by atoms with E-state index in [1.807, 2.05) is 0 Å². The Morgan fingerprint density at radius 2 is 1.82 bits per heavy atom. The first-order valence-electron chi connectivity index (χ1n) is 4.81. The Kier molecular flexibility index (Phi) is 2.89. The summed E-state index contributed by atoms with van der Waals surface area (Å²) in [4.78, 5) is 0. The van der Waals surface area contributed by atoms with Crippen LogP contribution >= 0.6 is 0 Å². The summed E-state index contributed by atoms with van der Waals surface area (Å²) in [6.45, 7) is 0. The molecule has 0 amide bonds. The minimum Gasteiger partial charge on any atom is -0.382 e. The van der Waals surface area contributed by atoms with Crippen molar-refractivity contribution >= 4 is 0 Å². The summed E-state index contributed by atoms with van der Waals surface area (Å²) < 4.78 is 40.1. The summed E-state index contributed by atoms with van der Waals surface area (Å²) in [5.41, 5.74) is 0.151. The van der Waals surface area contributed by atoms with Gasteiger partial charge in [0.05, 0.1) is 5.69 Å². The summed E-state index contributed by atoms with van der Waals surface area (Å²) in [7, 11) is 1.64. The molecular weight excluding hydrogens is 233 g/mol. The molecule has 0 bridgehead atoms. The van der Waals surface area contributed by atoms with Gasteiger partial charge < -0.3 is 5.11 Å². The molecule has 17 heavy (non-hydrogen) atoms. The lowest BCUT2D eigenvalue weighted by Crippen LogP contribution is -2.04. The maximum absolute atomic E-state index is 13.0. The van der Waals surface area contributed by atoms with Gasteiger partial charge in [-0.25, -0.2) is 13.2 Å². The first kappa shape index (κ1) is 11.7. The highest BCUT2D eigenvalue weighted by Gasteiger charge is 2.18. The number of hydrogen-bond donors (Lipinski definition) is 1. The second kappa shape index (κ2) is 4.21. The van der Waals surface area contributed by atoms with E-state index in [-0.39, 0.29) is 11.3 Å². The zero-order valence-corrected chi connectivity index (χ0v) is 8.86. The second-order valence-electron chi connectivity index (χ2n) is 3.62. The third-order valence-corrected chi connectivity index (χ3v) is 2.34. The minimum absolute atomic E-state index is 0.0832. The van der Waals surface area contributed by atoms with Gasteiger partial charge in [-0.1, -0.05) is 0 Å². The Balaban J connectivity index is 2.41. The van der Waals surface area contributed by atoms with E-state index < -0.39 is 23.6 Å². The third kappa shape index (κ3) is 2.16. The molecule has 1 atom stereocenters. The average Bonchev–Trinajstić information content (AvgIpc) is 2.71. The van der Waals surface area contributed by atoms with Crippen molar-refractivity contribution in [2.45, 2.75) is 6.10 Å². The van der Waals surface area contributed by atoms with Gasteiger partial charge in [-0.15, -0.1) is 0 Å². The van der Waals surface area contributed by atoms with Gasteiger partial charge in [0.15, 0.2) is 17.5 Å². The van der Waals surface area contributed by atoms with Crippen LogP contribution in [0.25, 0.3) is 0 Å². The van der Waals surface area contributed by atoms with Crippen molar-refractivity contribution in [1.82, 2.24) is 9.78 Å². The molecule has 0 saturated heterocycles. The monoisotopic (exact) mass is 242 g/mol. The number of aryl methyl sites for hydroxylation is 1. The summed E-state index contributed by atoms with van der Waals surface area (Å²) in [5.74, 6) is -4.23. The maximum atomic E-state index is 13.0. The fourth-order valence-corrected chi connectivity index (χ4v) is 1.48. The van der Waals surface area contributed by atoms with E-state index in [9.17, 15) is 18.3 Å². The number of aliphatic hydroxyl groups excluding tert-OH is 1. The number of aromatic nitrogens is 2. The van der Waals surface area contributed by atoms with E-state index in [0.717, 1.165) is 12.1 Å². The van der Waals surface area contributed by atoms with Gasteiger partial charge in [0.1, 0.15) is 6.10 Å². The van der Waals surface area contributed by atoms with Gasteiger partial charge in [0.2, 0.25) is 0 Å². The van der Waals surface area contributed by atoms with Crippen molar-refractivity contribution in [3.63, 3.8) is 0 Å². The molecule has 0 aliphatic rings. The molecule has 1 N–H and O–H groups in total. The second-order valence-corrected chi connectivity index (χ2v) is 3.62. The topological polar surface area (TPSA) is 38.0 Å². The zero-order chi connectivity index (χ0) is 12.6. The van der Waals surface area contributed by atoms with Gasteiger partial charge in [-0.05, 0) is 23.8 Å². The lowest BCUT2D eigenvalue weighted by atomic mass is 10.1. The van der Waals surface area contributed by atoms with Crippen LogP contribution in [0.2, 0.25) is 0 Å². The van der Waals surface area contributed by atoms with Gasteiger partial charge in [0, 0.05) is 13.2 Å². The van der Waals surface area contributed by atoms with Crippen LogP contribution in [0.15, 0.2) is 24.4 Å². The molecule has 1 heterocycles. The zero-order valence-electron chi connectivity index (χ0n) is 8.86. The summed E-state index contributed by atoms with van der Waals surface area (Å²) in [6, 6.07) is 3.00. The van der Waals surface area contributed by atoms with E-state index >= 15 is 0 Å². The largest absolute Gasteiger partial charge is 0.382 e. The number of halogens is 3. The average molecular weight is 242 g/mol. The van der Waals surface area contributed by atoms with E-state index in [0.29, 0.717) is 0 Å². The van der Waals surface area contributed by atoms with Crippen LogP contribution in [0, 0.1) is 17.5 Å². The summed E-state index contributed by atoms with van der Waals surface area (Å²) in [5, 5.41) is 13.7. The smallest absolute Gasteiger partial charge is 0.194 e. The van der Waals surface area contributed by atoms with E-state index in [1.54, 1.807) is 13.2 Å². The number of nitrogens with zero attached hydrogens (tertiary/aromatic N) is 2. The Morgan fingerprint density at radius 3 is 2.29 bits per heavy atom. The van der Waals surface area contributed by atoms with Crippen molar-refractivity contribution in [3.05, 3.63) is 53.1 Å². The molecule has 2 aromatic rings. The van der Waals surface area contributed by atoms with Gasteiger partial charge in [-0.3, -0.25) is 4.68 Å². The van der Waals surface area contributed by atoms with Gasteiger partial charge in [0.25, 0.3) is 0 Å². The highest BCUT2D eigenvalue weighted by atomic mass is 19.2. The number of hydrogen-bond acceptors (Lipinski definition) is 2. The van der Waals surface area contributed by atoms with Crippen molar-refractivity contribution in [1.29, 1.82) is 0 Å². The molecule has 6 heteroatoms. The molecule has 0 fully saturated rings. The predicted molar refractivity (Wildman–Crippen MR) is 53.6 cm³/mol. The molecule has 1 unspecified atom stereocenters. The fraction of sp³-hybridized carbons (Fsp3) is 0.182. The Morgan fingerprint density at radius 1 is 1.24 bits per heavy atom. The molecule has 1 aromatic heterocycles. The van der Waals surface area contributed by atoms with Crippen molar-refractivity contribution in [2.75, 3.05) is 0 Å². The molecule has 2 rings (SSSR count). The van der Waals surface area contributed by atoms with Crippen LogP contribution in [0.4, 0.5) is 13.2 Å². The van der Waals surface area contributed by atoms with Crippen LogP contribution in [0.5, 0.6) is 0 Å². The normalized spacial score (nSPS) is 12.8. The number of rotatable bonds is 2. The summed E-state index contributed by atoms with van der Waals surface area (Å²) >= 11 is 0. The van der Waals surface area contributed by atoms with Crippen LogP contribution in [-0.2, 0) is 7.05 Å². The minimum atomic E-state index is -1.55. The van der Waals surface area contributed by atoms with Crippen LogP contribution in [-0.4, -0.2) is 14.9 Å². The predicted octanol–water partition coefficient (Wildman–Crippen LogP) is 1.92. The van der Waals surface area contributed by atoms with Gasteiger partial charge in [-0.2, -0.15) is 5.10 Å². The Labute approximate surface area is 95.1 Å². The molecule has 0 spiro atoms. The highest BCUT2D eigenvalue weighted by molar-refractivity contribution is 5.27. The third-order valence-electron chi connectivity index (χ3n) is 2.34. The van der Waals surface area contributed by atoms with Crippen molar-refractivity contribution in [3.8, 4) is 0 Å². The first-order valence-corrected chi connectivity index (χ1v) is 4.81. The van der Waals surface area contributed by atoms with Crippen LogP contribution in [0.1, 0.15) is 17.4 Å². The molecule has 0 aliphatic carbocycles. The van der Waals surface area contributed by atoms with Crippen molar-refractivity contribution in [2.24, 2.45) is 7.05 Å². The lowest BCUT2D eigenvalue weighted by molar-refractivity contribution is 0.212. The molecule has 0 aliphatic heterocycles. The maximum Gasteiger partial charge on any atom is 0.194 e. The van der Waals surface area contributed by atoms with Crippen LogP contribution < -0.4 is 0 Å².